The topological polar surface area (TPSA) is 113 Å². The van der Waals surface area contributed by atoms with Gasteiger partial charge in [-0.05, 0) is 26.2 Å². The maximum absolute atomic E-state index is 11.4. The van der Waals surface area contributed by atoms with E-state index in [-0.39, 0.29) is 24.0 Å². The van der Waals surface area contributed by atoms with Crippen LogP contribution in [0.5, 0.6) is 0 Å². The predicted molar refractivity (Wildman–Crippen MR) is 65.0 cm³/mol. The second-order valence-electron chi connectivity index (χ2n) is 5.03. The zero-order valence-corrected chi connectivity index (χ0v) is 11.2. The predicted octanol–water partition coefficient (Wildman–Crippen LogP) is -0.416. The lowest BCUT2D eigenvalue weighted by Crippen LogP contribution is -2.53. The summed E-state index contributed by atoms with van der Waals surface area (Å²) in [6.07, 6.45) is 0.533. The number of hydrogen-bond acceptors (Lipinski definition) is 4. The molecule has 8 heteroatoms. The number of nitrogens with one attached hydrogen (secondary N) is 2. The van der Waals surface area contributed by atoms with E-state index in [0.29, 0.717) is 6.42 Å². The van der Waals surface area contributed by atoms with Crippen molar-refractivity contribution in [3.63, 3.8) is 0 Å². The molecule has 0 aromatic heterocycles. The SMILES string of the molecule is CC(C)(NC(=O)NCC1CCS(=O)(=O)C1)C(=O)O. The number of rotatable bonds is 4. The fourth-order valence-electron chi connectivity index (χ4n) is 1.65. The molecule has 0 saturated carbocycles. The Morgan fingerprint density at radius 3 is 2.44 bits per heavy atom. The van der Waals surface area contributed by atoms with Gasteiger partial charge in [-0.25, -0.2) is 18.0 Å². The van der Waals surface area contributed by atoms with Crippen molar-refractivity contribution < 1.29 is 23.1 Å². The number of carbonyl (C=O) groups excluding carboxylic acids is 1. The normalized spacial score (nSPS) is 22.4. The van der Waals surface area contributed by atoms with E-state index in [1.807, 2.05) is 0 Å². The zero-order chi connectivity index (χ0) is 14.0. The molecule has 3 N–H and O–H groups in total. The fraction of sp³-hybridized carbons (Fsp3) is 0.800. The molecule has 0 bridgehead atoms. The van der Waals surface area contributed by atoms with Gasteiger partial charge in [0.1, 0.15) is 5.54 Å². The van der Waals surface area contributed by atoms with Crippen molar-refractivity contribution in [2.24, 2.45) is 5.92 Å². The van der Waals surface area contributed by atoms with E-state index in [1.165, 1.54) is 13.8 Å². The first-order chi connectivity index (χ1) is 8.12. The van der Waals surface area contributed by atoms with Gasteiger partial charge in [0.25, 0.3) is 0 Å². The van der Waals surface area contributed by atoms with Crippen LogP contribution >= 0.6 is 0 Å². The third-order valence-electron chi connectivity index (χ3n) is 2.84. The first-order valence-electron chi connectivity index (χ1n) is 5.62. The van der Waals surface area contributed by atoms with Crippen LogP contribution in [0.4, 0.5) is 4.79 Å². The lowest BCUT2D eigenvalue weighted by molar-refractivity contribution is -0.142. The number of hydrogen-bond donors (Lipinski definition) is 3. The second-order valence-corrected chi connectivity index (χ2v) is 7.26. The molecule has 2 amide bonds. The Balaban J connectivity index is 2.37. The van der Waals surface area contributed by atoms with Gasteiger partial charge in [0, 0.05) is 6.54 Å². The molecule has 0 aliphatic carbocycles. The van der Waals surface area contributed by atoms with Crippen molar-refractivity contribution in [3.8, 4) is 0 Å². The molecule has 0 aromatic carbocycles. The number of urea groups is 1. The molecular formula is C10H18N2O5S. The van der Waals surface area contributed by atoms with E-state index < -0.39 is 27.4 Å². The van der Waals surface area contributed by atoms with Crippen molar-refractivity contribution in [3.05, 3.63) is 0 Å². The minimum atomic E-state index is -2.96. The second kappa shape index (κ2) is 5.13. The van der Waals surface area contributed by atoms with Gasteiger partial charge in [-0.15, -0.1) is 0 Å². The highest BCUT2D eigenvalue weighted by Gasteiger charge is 2.30. The van der Waals surface area contributed by atoms with E-state index >= 15 is 0 Å². The lowest BCUT2D eigenvalue weighted by Gasteiger charge is -2.21. The standard InChI is InChI=1S/C10H18N2O5S/c1-10(2,8(13)14)12-9(15)11-5-7-3-4-18(16,17)6-7/h7H,3-6H2,1-2H3,(H,13,14)(H2,11,12,15). The molecule has 1 unspecified atom stereocenters. The highest BCUT2D eigenvalue weighted by atomic mass is 32.2. The zero-order valence-electron chi connectivity index (χ0n) is 10.4. The molecule has 0 spiro atoms. The van der Waals surface area contributed by atoms with Crippen molar-refractivity contribution in [2.45, 2.75) is 25.8 Å². The highest BCUT2D eigenvalue weighted by molar-refractivity contribution is 7.91. The molecule has 1 saturated heterocycles. The Labute approximate surface area is 106 Å². The fourth-order valence-corrected chi connectivity index (χ4v) is 3.51. The average Bonchev–Trinajstić information content (AvgIpc) is 2.54. The van der Waals surface area contributed by atoms with E-state index in [4.69, 9.17) is 5.11 Å². The third-order valence-corrected chi connectivity index (χ3v) is 4.68. The number of carbonyl (C=O) groups is 2. The third kappa shape index (κ3) is 4.17. The van der Waals surface area contributed by atoms with Crippen molar-refractivity contribution >= 4 is 21.8 Å². The number of aliphatic carboxylic acids is 1. The summed E-state index contributed by atoms with van der Waals surface area (Å²) in [4.78, 5) is 22.2. The van der Waals surface area contributed by atoms with Crippen LogP contribution in [-0.4, -0.2) is 49.1 Å². The quantitative estimate of drug-likeness (QED) is 0.646. The Hall–Kier alpha value is -1.31. The van der Waals surface area contributed by atoms with Crippen molar-refractivity contribution in [1.82, 2.24) is 10.6 Å². The van der Waals surface area contributed by atoms with Gasteiger partial charge in [-0.2, -0.15) is 0 Å². The molecule has 7 nitrogen and oxygen atoms in total. The van der Waals surface area contributed by atoms with Gasteiger partial charge in [0.05, 0.1) is 11.5 Å². The minimum absolute atomic E-state index is 0.0790. The van der Waals surface area contributed by atoms with Crippen molar-refractivity contribution in [2.75, 3.05) is 18.1 Å². The van der Waals surface area contributed by atoms with Gasteiger partial charge in [-0.3, -0.25) is 0 Å². The molecule has 1 heterocycles. The smallest absolute Gasteiger partial charge is 0.328 e. The van der Waals surface area contributed by atoms with E-state index in [1.54, 1.807) is 0 Å². The van der Waals surface area contributed by atoms with Crippen molar-refractivity contribution in [1.29, 1.82) is 0 Å². The molecule has 18 heavy (non-hydrogen) atoms. The van der Waals surface area contributed by atoms with Crippen LogP contribution in [0.1, 0.15) is 20.3 Å². The summed E-state index contributed by atoms with van der Waals surface area (Å²) in [5.41, 5.74) is -1.36. The van der Waals surface area contributed by atoms with Crippen LogP contribution in [0, 0.1) is 5.92 Å². The minimum Gasteiger partial charge on any atom is -0.480 e. The summed E-state index contributed by atoms with van der Waals surface area (Å²) >= 11 is 0. The largest absolute Gasteiger partial charge is 0.480 e. The van der Waals surface area contributed by atoms with Gasteiger partial charge in [0.15, 0.2) is 9.84 Å². The molecule has 1 aliphatic rings. The van der Waals surface area contributed by atoms with Gasteiger partial charge < -0.3 is 15.7 Å². The highest BCUT2D eigenvalue weighted by Crippen LogP contribution is 2.17. The first kappa shape index (κ1) is 14.7. The van der Waals surface area contributed by atoms with Gasteiger partial charge in [-0.1, -0.05) is 0 Å². The van der Waals surface area contributed by atoms with E-state index in [0.717, 1.165) is 0 Å². The molecular weight excluding hydrogens is 260 g/mol. The number of sulfone groups is 1. The molecule has 104 valence electrons. The summed E-state index contributed by atoms with van der Waals surface area (Å²) in [6.45, 7) is 2.98. The Morgan fingerprint density at radius 2 is 2.00 bits per heavy atom. The van der Waals surface area contributed by atoms with Crippen LogP contribution < -0.4 is 10.6 Å². The van der Waals surface area contributed by atoms with Crippen LogP contribution in [0.25, 0.3) is 0 Å². The summed E-state index contributed by atoms with van der Waals surface area (Å²) in [5, 5.41) is 13.6. The van der Waals surface area contributed by atoms with E-state index in [2.05, 4.69) is 10.6 Å². The molecule has 1 atom stereocenters. The van der Waals surface area contributed by atoms with Gasteiger partial charge >= 0.3 is 12.0 Å². The summed E-state index contributed by atoms with van der Waals surface area (Å²) < 4.78 is 22.4. The monoisotopic (exact) mass is 278 g/mol. The molecule has 0 aromatic rings. The maximum Gasteiger partial charge on any atom is 0.328 e. The summed E-state index contributed by atoms with van der Waals surface area (Å²) in [6, 6.07) is -0.605. The summed E-state index contributed by atoms with van der Waals surface area (Å²) in [5.74, 6) is -0.994. The Morgan fingerprint density at radius 1 is 1.39 bits per heavy atom. The first-order valence-corrected chi connectivity index (χ1v) is 7.44. The van der Waals surface area contributed by atoms with Crippen LogP contribution in [0.15, 0.2) is 0 Å². The number of carboxylic acid groups (broad SMARTS) is 1. The van der Waals surface area contributed by atoms with Gasteiger partial charge in [0.2, 0.25) is 0 Å². The van der Waals surface area contributed by atoms with Crippen LogP contribution in [-0.2, 0) is 14.6 Å². The Bertz CT molecular complexity index is 443. The molecule has 1 aliphatic heterocycles. The molecule has 1 rings (SSSR count). The van der Waals surface area contributed by atoms with E-state index in [9.17, 15) is 18.0 Å². The maximum atomic E-state index is 11.4. The number of carboxylic acids is 1. The molecule has 1 fully saturated rings. The number of amides is 2. The average molecular weight is 278 g/mol. The Kier molecular flexibility index (Phi) is 4.20. The summed E-state index contributed by atoms with van der Waals surface area (Å²) in [7, 11) is -2.96. The van der Waals surface area contributed by atoms with Crippen LogP contribution in [0.2, 0.25) is 0 Å². The van der Waals surface area contributed by atoms with Crippen LogP contribution in [0.3, 0.4) is 0 Å². The molecule has 0 radical (unpaired) electrons. The lowest BCUT2D eigenvalue weighted by atomic mass is 10.1.